The number of hydrogen-bond acceptors (Lipinski definition) is 3. The summed E-state index contributed by atoms with van der Waals surface area (Å²) in [5.41, 5.74) is 0.744. The minimum absolute atomic E-state index is 0.144. The fourth-order valence-corrected chi connectivity index (χ4v) is 2.01. The van der Waals surface area contributed by atoms with Gasteiger partial charge in [-0.25, -0.2) is 8.78 Å². The van der Waals surface area contributed by atoms with E-state index in [1.54, 1.807) is 13.8 Å². The average molecular weight is 355 g/mol. The topological polar surface area (TPSA) is 39.2 Å². The highest BCUT2D eigenvalue weighted by Gasteiger charge is 2.20. The molecule has 1 aromatic heterocycles. The first-order valence-electron chi connectivity index (χ1n) is 5.05. The number of nitrogens with zero attached hydrogens (tertiary/aromatic N) is 1. The van der Waals surface area contributed by atoms with Crippen molar-refractivity contribution in [3.63, 3.8) is 0 Å². The number of carbonyl (C=O) groups excluding carboxylic acids is 1. The van der Waals surface area contributed by atoms with Crippen molar-refractivity contribution in [3.05, 3.63) is 26.6 Å². The van der Waals surface area contributed by atoms with Crippen molar-refractivity contribution in [2.24, 2.45) is 0 Å². The van der Waals surface area contributed by atoms with Crippen LogP contribution in [0.25, 0.3) is 0 Å². The van der Waals surface area contributed by atoms with Gasteiger partial charge in [0, 0.05) is 15.3 Å². The van der Waals surface area contributed by atoms with Crippen LogP contribution in [0.1, 0.15) is 30.2 Å². The lowest BCUT2D eigenvalue weighted by molar-refractivity contribution is -0.142. The predicted octanol–water partition coefficient (Wildman–Crippen LogP) is 3.04. The van der Waals surface area contributed by atoms with E-state index in [1.165, 1.54) is 0 Å². The largest absolute Gasteiger partial charge is 0.466 e. The number of hydrogen-bond donors (Lipinski definition) is 0. The van der Waals surface area contributed by atoms with E-state index in [0.29, 0.717) is 14.8 Å². The van der Waals surface area contributed by atoms with Crippen molar-refractivity contribution in [1.82, 2.24) is 4.98 Å². The highest BCUT2D eigenvalue weighted by molar-refractivity contribution is 14.1. The highest BCUT2D eigenvalue weighted by atomic mass is 127. The molecule has 1 aromatic rings. The lowest BCUT2D eigenvalue weighted by Crippen LogP contribution is -2.12. The van der Waals surface area contributed by atoms with Crippen LogP contribution in [0, 0.1) is 10.5 Å². The van der Waals surface area contributed by atoms with Gasteiger partial charge in [-0.05, 0) is 42.0 Å². The maximum absolute atomic E-state index is 12.8. The molecule has 0 saturated carbocycles. The maximum Gasteiger partial charge on any atom is 0.310 e. The second-order valence-electron chi connectivity index (χ2n) is 3.37. The van der Waals surface area contributed by atoms with Crippen LogP contribution in [-0.2, 0) is 16.0 Å². The van der Waals surface area contributed by atoms with E-state index >= 15 is 0 Å². The zero-order valence-corrected chi connectivity index (χ0v) is 11.6. The Hall–Kier alpha value is -0.790. The van der Waals surface area contributed by atoms with Crippen molar-refractivity contribution in [2.45, 2.75) is 26.7 Å². The molecule has 0 bridgehead atoms. The lowest BCUT2D eigenvalue weighted by Gasteiger charge is -2.11. The molecule has 0 aliphatic rings. The number of pyridine rings is 1. The number of rotatable bonds is 4. The number of aryl methyl sites for hydroxylation is 1. The van der Waals surface area contributed by atoms with Gasteiger partial charge in [-0.15, -0.1) is 0 Å². The molecule has 1 heterocycles. The summed E-state index contributed by atoms with van der Waals surface area (Å²) in [6, 6.07) is 0. The number of carbonyl (C=O) groups is 1. The fraction of sp³-hybridized carbons (Fsp3) is 0.455. The van der Waals surface area contributed by atoms with Crippen LogP contribution in [0.5, 0.6) is 0 Å². The molecule has 0 N–H and O–H groups in total. The van der Waals surface area contributed by atoms with E-state index in [-0.39, 0.29) is 18.6 Å². The summed E-state index contributed by atoms with van der Waals surface area (Å²) in [6.45, 7) is 3.63. The Kier molecular flexibility index (Phi) is 5.23. The Morgan fingerprint density at radius 2 is 2.24 bits per heavy atom. The number of halogens is 3. The molecule has 6 heteroatoms. The van der Waals surface area contributed by atoms with Gasteiger partial charge in [0.1, 0.15) is 0 Å². The second kappa shape index (κ2) is 6.23. The number of alkyl halides is 2. The molecule has 0 spiro atoms. The molecular formula is C11H12F2INO2. The first kappa shape index (κ1) is 14.3. The number of aromatic nitrogens is 1. The summed E-state index contributed by atoms with van der Waals surface area (Å²) >= 11 is 1.92. The van der Waals surface area contributed by atoms with E-state index in [0.717, 1.165) is 6.20 Å². The first-order valence-corrected chi connectivity index (χ1v) is 6.12. The average Bonchev–Trinajstić information content (AvgIpc) is 2.25. The molecule has 0 aliphatic carbocycles. The summed E-state index contributed by atoms with van der Waals surface area (Å²) in [6.07, 6.45) is -1.66. The summed E-state index contributed by atoms with van der Waals surface area (Å²) in [4.78, 5) is 15.2. The van der Waals surface area contributed by atoms with Crippen molar-refractivity contribution < 1.29 is 18.3 Å². The highest BCUT2D eigenvalue weighted by Crippen LogP contribution is 2.27. The van der Waals surface area contributed by atoms with Crippen LogP contribution in [0.15, 0.2) is 6.20 Å². The first-order chi connectivity index (χ1) is 7.97. The molecule has 17 heavy (non-hydrogen) atoms. The Labute approximate surface area is 112 Å². The van der Waals surface area contributed by atoms with Gasteiger partial charge in [0.05, 0.1) is 18.7 Å². The Bertz CT molecular complexity index is 424. The fourth-order valence-electron chi connectivity index (χ4n) is 1.37. The third kappa shape index (κ3) is 3.58. The van der Waals surface area contributed by atoms with E-state index in [9.17, 15) is 13.6 Å². The van der Waals surface area contributed by atoms with Gasteiger partial charge in [-0.3, -0.25) is 9.78 Å². The minimum atomic E-state index is -2.64. The Morgan fingerprint density at radius 3 is 2.76 bits per heavy atom. The molecule has 0 radical (unpaired) electrons. The third-order valence-electron chi connectivity index (χ3n) is 2.19. The zero-order valence-electron chi connectivity index (χ0n) is 9.47. The van der Waals surface area contributed by atoms with Crippen LogP contribution < -0.4 is 0 Å². The van der Waals surface area contributed by atoms with Gasteiger partial charge in [-0.1, -0.05) is 0 Å². The molecule has 0 unspecified atom stereocenters. The molecule has 0 aliphatic heterocycles. The van der Waals surface area contributed by atoms with Gasteiger partial charge < -0.3 is 4.74 Å². The number of esters is 1. The summed E-state index contributed by atoms with van der Waals surface area (Å²) in [5.74, 6) is -0.502. The van der Waals surface area contributed by atoms with Gasteiger partial charge in [0.15, 0.2) is 0 Å². The molecule has 3 nitrogen and oxygen atoms in total. The van der Waals surface area contributed by atoms with Crippen molar-refractivity contribution >= 4 is 28.6 Å². The van der Waals surface area contributed by atoms with Crippen LogP contribution in [-0.4, -0.2) is 17.6 Å². The monoisotopic (exact) mass is 355 g/mol. The quantitative estimate of drug-likeness (QED) is 0.616. The molecule has 0 aromatic carbocycles. The molecule has 94 valence electrons. The van der Waals surface area contributed by atoms with Crippen LogP contribution in [0.4, 0.5) is 8.78 Å². The van der Waals surface area contributed by atoms with Crippen molar-refractivity contribution in [3.8, 4) is 0 Å². The molecule has 0 atom stereocenters. The molecule has 0 saturated heterocycles. The number of ether oxygens (including phenoxy) is 1. The van der Waals surface area contributed by atoms with Crippen LogP contribution in [0.3, 0.4) is 0 Å². The third-order valence-corrected chi connectivity index (χ3v) is 3.62. The van der Waals surface area contributed by atoms with E-state index in [2.05, 4.69) is 4.98 Å². The molecular weight excluding hydrogens is 343 g/mol. The minimum Gasteiger partial charge on any atom is -0.466 e. The summed E-state index contributed by atoms with van der Waals surface area (Å²) in [7, 11) is 0. The van der Waals surface area contributed by atoms with Gasteiger partial charge >= 0.3 is 5.97 Å². The van der Waals surface area contributed by atoms with E-state index < -0.39 is 12.4 Å². The molecule has 0 amide bonds. The SMILES string of the molecule is CCOC(=O)Cc1c(C(F)F)cnc(C)c1I. The van der Waals surface area contributed by atoms with Crippen molar-refractivity contribution in [1.29, 1.82) is 0 Å². The normalized spacial score (nSPS) is 10.7. The van der Waals surface area contributed by atoms with Gasteiger partial charge in [0.2, 0.25) is 0 Å². The molecule has 1 rings (SSSR count). The van der Waals surface area contributed by atoms with Crippen molar-refractivity contribution in [2.75, 3.05) is 6.61 Å². The smallest absolute Gasteiger partial charge is 0.310 e. The van der Waals surface area contributed by atoms with Gasteiger partial charge in [0.25, 0.3) is 6.43 Å². The maximum atomic E-state index is 12.8. The van der Waals surface area contributed by atoms with Gasteiger partial charge in [-0.2, -0.15) is 0 Å². The predicted molar refractivity (Wildman–Crippen MR) is 67.0 cm³/mol. The van der Waals surface area contributed by atoms with Crippen LogP contribution in [0.2, 0.25) is 0 Å². The lowest BCUT2D eigenvalue weighted by atomic mass is 10.1. The van der Waals surface area contributed by atoms with E-state index in [4.69, 9.17) is 4.74 Å². The Morgan fingerprint density at radius 1 is 1.59 bits per heavy atom. The zero-order chi connectivity index (χ0) is 13.0. The Balaban J connectivity index is 3.10. The van der Waals surface area contributed by atoms with E-state index in [1.807, 2.05) is 22.6 Å². The second-order valence-corrected chi connectivity index (χ2v) is 4.45. The summed E-state index contributed by atoms with van der Waals surface area (Å²) < 4.78 is 30.9. The summed E-state index contributed by atoms with van der Waals surface area (Å²) in [5, 5.41) is 0. The molecule has 0 fully saturated rings. The van der Waals surface area contributed by atoms with Crippen LogP contribution >= 0.6 is 22.6 Å². The standard InChI is InChI=1S/C11H12F2INO2/c1-3-17-9(16)4-7-8(11(12)13)5-15-6(2)10(7)14/h5,11H,3-4H2,1-2H3.